The Bertz CT molecular complexity index is 844. The Labute approximate surface area is 182 Å². The van der Waals surface area contributed by atoms with Crippen molar-refractivity contribution in [2.45, 2.75) is 26.7 Å². The number of hydrogen-bond donors (Lipinski definition) is 2. The second kappa shape index (κ2) is 11.4. The molecule has 1 fully saturated rings. The third kappa shape index (κ3) is 6.99. The number of urea groups is 1. The smallest absolute Gasteiger partial charge is 0.319 e. The zero-order valence-corrected chi connectivity index (χ0v) is 18.2. The Morgan fingerprint density at radius 1 is 1.16 bits per heavy atom. The van der Waals surface area contributed by atoms with Gasteiger partial charge < -0.3 is 24.8 Å². The van der Waals surface area contributed by atoms with Gasteiger partial charge in [0.25, 0.3) is 5.91 Å². The second-order valence-corrected chi connectivity index (χ2v) is 7.56. The molecule has 1 saturated heterocycles. The third-order valence-electron chi connectivity index (χ3n) is 5.10. The maximum absolute atomic E-state index is 12.4. The standard InChI is InChI=1S/C22H31N5O4/c1-3-4-15-30-19-7-5-18(6-8-19)24-22(29)23-9-10-26-11-13-27(14-12-26)21(28)20-16-17(2)31-25-20/h5-8,16H,3-4,9-15H2,1-2H3,(H2,23,24,29). The van der Waals surface area contributed by atoms with Gasteiger partial charge in [-0.25, -0.2) is 4.79 Å². The van der Waals surface area contributed by atoms with Gasteiger partial charge in [-0.05, 0) is 37.6 Å². The first kappa shape index (κ1) is 22.6. The average Bonchev–Trinajstić information content (AvgIpc) is 3.21. The number of carbonyl (C=O) groups excluding carboxylic acids is 2. The molecule has 1 aromatic carbocycles. The van der Waals surface area contributed by atoms with E-state index in [1.54, 1.807) is 17.9 Å². The molecule has 3 amide bonds. The minimum absolute atomic E-state index is 0.101. The lowest BCUT2D eigenvalue weighted by molar-refractivity contribution is 0.0629. The summed E-state index contributed by atoms with van der Waals surface area (Å²) in [7, 11) is 0. The monoisotopic (exact) mass is 429 g/mol. The van der Waals surface area contributed by atoms with Gasteiger partial charge in [0, 0.05) is 51.0 Å². The highest BCUT2D eigenvalue weighted by Crippen LogP contribution is 2.16. The molecule has 31 heavy (non-hydrogen) atoms. The van der Waals surface area contributed by atoms with Crippen LogP contribution in [0.3, 0.4) is 0 Å². The van der Waals surface area contributed by atoms with Crippen LogP contribution in [-0.4, -0.2) is 72.8 Å². The topological polar surface area (TPSA) is 99.9 Å². The SMILES string of the molecule is CCCCOc1ccc(NC(=O)NCCN2CCN(C(=O)c3cc(C)on3)CC2)cc1. The highest BCUT2D eigenvalue weighted by Gasteiger charge is 2.24. The zero-order chi connectivity index (χ0) is 22.1. The van der Waals surface area contributed by atoms with Gasteiger partial charge in [-0.3, -0.25) is 9.69 Å². The number of aryl methyl sites for hydroxylation is 1. The van der Waals surface area contributed by atoms with E-state index in [-0.39, 0.29) is 11.9 Å². The van der Waals surface area contributed by atoms with E-state index in [1.807, 2.05) is 24.3 Å². The maximum atomic E-state index is 12.4. The number of anilines is 1. The van der Waals surface area contributed by atoms with Gasteiger partial charge in [-0.1, -0.05) is 18.5 Å². The molecule has 0 atom stereocenters. The minimum Gasteiger partial charge on any atom is -0.494 e. The summed E-state index contributed by atoms with van der Waals surface area (Å²) >= 11 is 0. The maximum Gasteiger partial charge on any atom is 0.319 e. The molecule has 2 N–H and O–H groups in total. The van der Waals surface area contributed by atoms with E-state index in [0.717, 1.165) is 43.9 Å². The minimum atomic E-state index is -0.241. The van der Waals surface area contributed by atoms with E-state index in [4.69, 9.17) is 9.26 Å². The zero-order valence-electron chi connectivity index (χ0n) is 18.2. The van der Waals surface area contributed by atoms with Gasteiger partial charge in [0.15, 0.2) is 5.69 Å². The van der Waals surface area contributed by atoms with E-state index in [9.17, 15) is 9.59 Å². The molecule has 0 aliphatic carbocycles. The molecule has 3 rings (SSSR count). The number of nitrogens with zero attached hydrogens (tertiary/aromatic N) is 3. The Balaban J connectivity index is 1.31. The second-order valence-electron chi connectivity index (χ2n) is 7.56. The average molecular weight is 430 g/mol. The number of piperazine rings is 1. The quantitative estimate of drug-likeness (QED) is 0.595. The summed E-state index contributed by atoms with van der Waals surface area (Å²) < 4.78 is 10.6. The predicted octanol–water partition coefficient (Wildman–Crippen LogP) is 2.74. The number of nitrogens with one attached hydrogen (secondary N) is 2. The fourth-order valence-electron chi connectivity index (χ4n) is 3.28. The number of ether oxygens (including phenoxy) is 1. The van der Waals surface area contributed by atoms with Crippen LogP contribution in [0.1, 0.15) is 36.0 Å². The van der Waals surface area contributed by atoms with Crippen molar-refractivity contribution in [1.29, 1.82) is 0 Å². The summed E-state index contributed by atoms with van der Waals surface area (Å²) in [5.74, 6) is 1.33. The van der Waals surface area contributed by atoms with Crippen molar-refractivity contribution in [3.8, 4) is 5.75 Å². The Morgan fingerprint density at radius 2 is 1.90 bits per heavy atom. The van der Waals surface area contributed by atoms with Gasteiger partial charge >= 0.3 is 6.03 Å². The normalized spacial score (nSPS) is 14.3. The fraction of sp³-hybridized carbons (Fsp3) is 0.500. The summed E-state index contributed by atoms with van der Waals surface area (Å²) in [5, 5.41) is 9.49. The van der Waals surface area contributed by atoms with Crippen molar-refractivity contribution in [3.05, 3.63) is 41.8 Å². The first-order valence-corrected chi connectivity index (χ1v) is 10.8. The fourth-order valence-corrected chi connectivity index (χ4v) is 3.28. The summed E-state index contributed by atoms with van der Waals surface area (Å²) in [6, 6.07) is 8.78. The summed E-state index contributed by atoms with van der Waals surface area (Å²) in [6.45, 7) is 8.61. The molecular weight excluding hydrogens is 398 g/mol. The molecule has 1 aromatic heterocycles. The van der Waals surface area contributed by atoms with Crippen LogP contribution in [0.25, 0.3) is 0 Å². The number of aromatic nitrogens is 1. The van der Waals surface area contributed by atoms with E-state index in [2.05, 4.69) is 27.6 Å². The first-order chi connectivity index (χ1) is 15.0. The van der Waals surface area contributed by atoms with Crippen molar-refractivity contribution in [1.82, 2.24) is 20.3 Å². The number of benzene rings is 1. The van der Waals surface area contributed by atoms with E-state index >= 15 is 0 Å². The summed E-state index contributed by atoms with van der Waals surface area (Å²) in [4.78, 5) is 28.5. The van der Waals surface area contributed by atoms with Gasteiger partial charge in [0.05, 0.1) is 6.61 Å². The molecule has 9 heteroatoms. The molecule has 0 spiro atoms. The van der Waals surface area contributed by atoms with Crippen LogP contribution in [0.15, 0.2) is 34.9 Å². The van der Waals surface area contributed by atoms with Crippen LogP contribution in [0.5, 0.6) is 5.75 Å². The summed E-state index contributed by atoms with van der Waals surface area (Å²) in [5.41, 5.74) is 1.07. The number of unbranched alkanes of at least 4 members (excludes halogenated alkanes) is 1. The van der Waals surface area contributed by atoms with Crippen LogP contribution < -0.4 is 15.4 Å². The van der Waals surface area contributed by atoms with Crippen molar-refractivity contribution in [2.24, 2.45) is 0 Å². The molecule has 9 nitrogen and oxygen atoms in total. The van der Waals surface area contributed by atoms with Crippen LogP contribution in [0.2, 0.25) is 0 Å². The molecule has 0 bridgehead atoms. The van der Waals surface area contributed by atoms with Gasteiger partial charge in [0.1, 0.15) is 11.5 Å². The molecule has 2 aromatic rings. The number of amides is 3. The summed E-state index contributed by atoms with van der Waals surface area (Å²) in [6.07, 6.45) is 2.12. The molecule has 1 aliphatic heterocycles. The number of rotatable bonds is 9. The first-order valence-electron chi connectivity index (χ1n) is 10.8. The van der Waals surface area contributed by atoms with Gasteiger partial charge in [-0.2, -0.15) is 0 Å². The Hall–Kier alpha value is -3.07. The van der Waals surface area contributed by atoms with Crippen LogP contribution in [0, 0.1) is 6.92 Å². The molecule has 0 unspecified atom stereocenters. The lowest BCUT2D eigenvalue weighted by atomic mass is 10.2. The van der Waals surface area contributed by atoms with Crippen molar-refractivity contribution < 1.29 is 18.8 Å². The molecule has 0 radical (unpaired) electrons. The highest BCUT2D eigenvalue weighted by molar-refractivity contribution is 5.92. The Kier molecular flexibility index (Phi) is 8.28. The number of hydrogen-bond acceptors (Lipinski definition) is 6. The van der Waals surface area contributed by atoms with Gasteiger partial charge in [0.2, 0.25) is 0 Å². The van der Waals surface area contributed by atoms with E-state index < -0.39 is 0 Å². The van der Waals surface area contributed by atoms with Crippen molar-refractivity contribution in [2.75, 3.05) is 51.2 Å². The molecule has 168 valence electrons. The third-order valence-corrected chi connectivity index (χ3v) is 5.10. The van der Waals surface area contributed by atoms with E-state index in [0.29, 0.717) is 37.7 Å². The lowest BCUT2D eigenvalue weighted by Crippen LogP contribution is -2.50. The predicted molar refractivity (Wildman–Crippen MR) is 117 cm³/mol. The largest absolute Gasteiger partial charge is 0.494 e. The van der Waals surface area contributed by atoms with Gasteiger partial charge in [-0.15, -0.1) is 0 Å². The molecule has 2 heterocycles. The number of carbonyl (C=O) groups is 2. The molecule has 1 aliphatic rings. The van der Waals surface area contributed by atoms with Crippen molar-refractivity contribution in [3.63, 3.8) is 0 Å². The van der Waals surface area contributed by atoms with Crippen LogP contribution >= 0.6 is 0 Å². The Morgan fingerprint density at radius 3 is 2.55 bits per heavy atom. The van der Waals surface area contributed by atoms with Crippen LogP contribution in [0.4, 0.5) is 10.5 Å². The van der Waals surface area contributed by atoms with Crippen molar-refractivity contribution >= 4 is 17.6 Å². The lowest BCUT2D eigenvalue weighted by Gasteiger charge is -2.34. The van der Waals surface area contributed by atoms with E-state index in [1.165, 1.54) is 0 Å². The molecular formula is C22H31N5O4. The highest BCUT2D eigenvalue weighted by atomic mass is 16.5. The van der Waals surface area contributed by atoms with Crippen LogP contribution in [-0.2, 0) is 0 Å². The molecule has 0 saturated carbocycles.